The van der Waals surface area contributed by atoms with Crippen molar-refractivity contribution < 1.29 is 0 Å². The molecule has 1 nitrogen and oxygen atoms in total. The monoisotopic (exact) mass is 199 g/mol. The van der Waals surface area contributed by atoms with Crippen molar-refractivity contribution in [2.45, 2.75) is 59.8 Å². The lowest BCUT2D eigenvalue weighted by Crippen LogP contribution is -2.15. The molecule has 0 aliphatic carbocycles. The lowest BCUT2D eigenvalue weighted by Gasteiger charge is -2.22. The first-order valence-electron chi connectivity index (χ1n) is 6.31. The van der Waals surface area contributed by atoms with Crippen LogP contribution in [0.2, 0.25) is 0 Å². The van der Waals surface area contributed by atoms with Gasteiger partial charge in [-0.3, -0.25) is 0 Å². The van der Waals surface area contributed by atoms with Gasteiger partial charge in [0.1, 0.15) is 0 Å². The standard InChI is InChI=1S/C13H29N/c1-5-6-7-11(2)10-13(4)12(3)8-9-14/h11-13H,5-10,14H2,1-4H3. The number of hydrogen-bond acceptors (Lipinski definition) is 1. The van der Waals surface area contributed by atoms with Crippen LogP contribution in [0.25, 0.3) is 0 Å². The lowest BCUT2D eigenvalue weighted by molar-refractivity contribution is 0.292. The average molecular weight is 199 g/mol. The van der Waals surface area contributed by atoms with Crippen LogP contribution in [-0.2, 0) is 0 Å². The van der Waals surface area contributed by atoms with E-state index in [4.69, 9.17) is 5.73 Å². The van der Waals surface area contributed by atoms with E-state index in [-0.39, 0.29) is 0 Å². The molecular weight excluding hydrogens is 170 g/mol. The molecule has 0 spiro atoms. The molecule has 0 aliphatic heterocycles. The fourth-order valence-corrected chi connectivity index (χ4v) is 2.08. The van der Waals surface area contributed by atoms with Crippen LogP contribution >= 0.6 is 0 Å². The Morgan fingerprint density at radius 1 is 1.00 bits per heavy atom. The molecule has 0 saturated heterocycles. The van der Waals surface area contributed by atoms with Gasteiger partial charge in [-0.25, -0.2) is 0 Å². The van der Waals surface area contributed by atoms with Crippen molar-refractivity contribution in [3.05, 3.63) is 0 Å². The Balaban J connectivity index is 3.63. The smallest absolute Gasteiger partial charge is 0.00746 e. The van der Waals surface area contributed by atoms with Crippen LogP contribution in [0.5, 0.6) is 0 Å². The van der Waals surface area contributed by atoms with Crippen molar-refractivity contribution in [1.29, 1.82) is 0 Å². The summed E-state index contributed by atoms with van der Waals surface area (Å²) in [6.07, 6.45) is 6.68. The predicted octanol–water partition coefficient (Wildman–Crippen LogP) is 3.82. The molecule has 0 aromatic heterocycles. The van der Waals surface area contributed by atoms with E-state index in [0.717, 1.165) is 24.3 Å². The van der Waals surface area contributed by atoms with Crippen LogP contribution in [0.15, 0.2) is 0 Å². The highest BCUT2D eigenvalue weighted by Crippen LogP contribution is 2.24. The van der Waals surface area contributed by atoms with Crippen molar-refractivity contribution in [2.75, 3.05) is 6.54 Å². The third-order valence-electron chi connectivity index (χ3n) is 3.42. The summed E-state index contributed by atoms with van der Waals surface area (Å²) in [6, 6.07) is 0. The molecular formula is C13H29N. The van der Waals surface area contributed by atoms with Gasteiger partial charge in [0.15, 0.2) is 0 Å². The number of rotatable bonds is 8. The SMILES string of the molecule is CCCCC(C)CC(C)C(C)CCN. The Morgan fingerprint density at radius 2 is 1.64 bits per heavy atom. The van der Waals surface area contributed by atoms with Gasteiger partial charge in [-0.05, 0) is 37.1 Å². The molecule has 3 unspecified atom stereocenters. The van der Waals surface area contributed by atoms with Gasteiger partial charge in [0.2, 0.25) is 0 Å². The van der Waals surface area contributed by atoms with Crippen LogP contribution in [0.4, 0.5) is 0 Å². The molecule has 0 aromatic carbocycles. The van der Waals surface area contributed by atoms with Crippen LogP contribution < -0.4 is 5.73 Å². The maximum atomic E-state index is 5.58. The van der Waals surface area contributed by atoms with Crippen molar-refractivity contribution in [1.82, 2.24) is 0 Å². The summed E-state index contributed by atoms with van der Waals surface area (Å²) in [6.45, 7) is 10.2. The summed E-state index contributed by atoms with van der Waals surface area (Å²) in [4.78, 5) is 0. The van der Waals surface area contributed by atoms with E-state index < -0.39 is 0 Å². The van der Waals surface area contributed by atoms with Gasteiger partial charge in [0.05, 0.1) is 0 Å². The quantitative estimate of drug-likeness (QED) is 0.632. The van der Waals surface area contributed by atoms with Gasteiger partial charge >= 0.3 is 0 Å². The minimum Gasteiger partial charge on any atom is -0.330 e. The van der Waals surface area contributed by atoms with Crippen LogP contribution in [0, 0.1) is 17.8 Å². The van der Waals surface area contributed by atoms with E-state index >= 15 is 0 Å². The number of unbranched alkanes of at least 4 members (excludes halogenated alkanes) is 1. The Bertz CT molecular complexity index is 122. The van der Waals surface area contributed by atoms with Crippen LogP contribution in [-0.4, -0.2) is 6.54 Å². The Morgan fingerprint density at radius 3 is 2.14 bits per heavy atom. The first kappa shape index (κ1) is 14.0. The third kappa shape index (κ3) is 6.42. The van der Waals surface area contributed by atoms with E-state index in [1.807, 2.05) is 0 Å². The summed E-state index contributed by atoms with van der Waals surface area (Å²) < 4.78 is 0. The average Bonchev–Trinajstić information content (AvgIpc) is 2.15. The molecule has 0 amide bonds. The van der Waals surface area contributed by atoms with Gasteiger partial charge in [0, 0.05) is 0 Å². The molecule has 0 radical (unpaired) electrons. The molecule has 3 atom stereocenters. The Kier molecular flexibility index (Phi) is 8.26. The van der Waals surface area contributed by atoms with Gasteiger partial charge in [-0.1, -0.05) is 47.0 Å². The van der Waals surface area contributed by atoms with E-state index in [1.54, 1.807) is 0 Å². The zero-order valence-electron chi connectivity index (χ0n) is 10.6. The van der Waals surface area contributed by atoms with Gasteiger partial charge in [0.25, 0.3) is 0 Å². The topological polar surface area (TPSA) is 26.0 Å². The van der Waals surface area contributed by atoms with Crippen molar-refractivity contribution in [3.8, 4) is 0 Å². The summed E-state index contributed by atoms with van der Waals surface area (Å²) in [7, 11) is 0. The highest BCUT2D eigenvalue weighted by atomic mass is 14.5. The second kappa shape index (κ2) is 8.28. The molecule has 14 heavy (non-hydrogen) atoms. The first-order valence-corrected chi connectivity index (χ1v) is 6.31. The molecule has 0 aliphatic rings. The molecule has 0 fully saturated rings. The summed E-state index contributed by atoms with van der Waals surface area (Å²) in [5, 5.41) is 0. The van der Waals surface area contributed by atoms with E-state index in [2.05, 4.69) is 27.7 Å². The normalized spacial score (nSPS) is 17.8. The van der Waals surface area contributed by atoms with Crippen molar-refractivity contribution in [2.24, 2.45) is 23.5 Å². The fourth-order valence-electron chi connectivity index (χ4n) is 2.08. The summed E-state index contributed by atoms with van der Waals surface area (Å²) in [5.41, 5.74) is 5.58. The fraction of sp³-hybridized carbons (Fsp3) is 1.00. The molecule has 2 N–H and O–H groups in total. The third-order valence-corrected chi connectivity index (χ3v) is 3.42. The highest BCUT2D eigenvalue weighted by molar-refractivity contribution is 4.66. The van der Waals surface area contributed by atoms with E-state index in [0.29, 0.717) is 0 Å². The number of hydrogen-bond donors (Lipinski definition) is 1. The molecule has 0 heterocycles. The minimum atomic E-state index is 0.795. The van der Waals surface area contributed by atoms with E-state index in [9.17, 15) is 0 Å². The molecule has 0 bridgehead atoms. The zero-order chi connectivity index (χ0) is 11.0. The van der Waals surface area contributed by atoms with Crippen molar-refractivity contribution >= 4 is 0 Å². The second-order valence-electron chi connectivity index (χ2n) is 5.02. The lowest BCUT2D eigenvalue weighted by atomic mass is 9.84. The molecule has 0 saturated carbocycles. The maximum absolute atomic E-state index is 5.58. The molecule has 0 aromatic rings. The first-order chi connectivity index (χ1) is 6.61. The Hall–Kier alpha value is -0.0400. The van der Waals surface area contributed by atoms with Crippen LogP contribution in [0.1, 0.15) is 59.8 Å². The number of nitrogens with two attached hydrogens (primary N) is 1. The summed E-state index contributed by atoms with van der Waals surface area (Å²) in [5.74, 6) is 2.53. The molecule has 86 valence electrons. The zero-order valence-corrected chi connectivity index (χ0v) is 10.6. The Labute approximate surface area is 90.5 Å². The molecule has 1 heteroatoms. The van der Waals surface area contributed by atoms with Crippen molar-refractivity contribution in [3.63, 3.8) is 0 Å². The van der Waals surface area contributed by atoms with Gasteiger partial charge in [-0.2, -0.15) is 0 Å². The van der Waals surface area contributed by atoms with Gasteiger partial charge in [-0.15, -0.1) is 0 Å². The maximum Gasteiger partial charge on any atom is -0.00746 e. The predicted molar refractivity (Wildman–Crippen MR) is 65.3 cm³/mol. The molecule has 0 rings (SSSR count). The second-order valence-corrected chi connectivity index (χ2v) is 5.02. The minimum absolute atomic E-state index is 0.795. The van der Waals surface area contributed by atoms with E-state index in [1.165, 1.54) is 32.1 Å². The van der Waals surface area contributed by atoms with Gasteiger partial charge < -0.3 is 5.73 Å². The van der Waals surface area contributed by atoms with Crippen LogP contribution in [0.3, 0.4) is 0 Å². The highest BCUT2D eigenvalue weighted by Gasteiger charge is 2.14. The summed E-state index contributed by atoms with van der Waals surface area (Å²) >= 11 is 0. The largest absolute Gasteiger partial charge is 0.330 e.